The largest absolute Gasteiger partial charge is 0.465 e. The molecule has 0 saturated carbocycles. The normalized spacial score (nSPS) is 10.1. The monoisotopic (exact) mass is 376 g/mol. The van der Waals surface area contributed by atoms with Crippen LogP contribution >= 0.6 is 11.6 Å². The fraction of sp³-hybridized carbons (Fsp3) is 0.167. The Morgan fingerprint density at radius 3 is 2.50 bits per heavy atom. The number of nitrogen functional groups attached to an aromatic ring is 1. The SMILES string of the molecule is COC(=O)c1ccc(C(=O)NCc2cccc(OC(C)=O)c2)c(N)c1Cl. The van der Waals surface area contributed by atoms with Crippen LogP contribution in [0.1, 0.15) is 33.2 Å². The van der Waals surface area contributed by atoms with Gasteiger partial charge in [-0.25, -0.2) is 4.79 Å². The Hall–Kier alpha value is -3.06. The van der Waals surface area contributed by atoms with Crippen LogP contribution in [0.5, 0.6) is 5.75 Å². The summed E-state index contributed by atoms with van der Waals surface area (Å²) in [6.45, 7) is 1.49. The highest BCUT2D eigenvalue weighted by atomic mass is 35.5. The van der Waals surface area contributed by atoms with Crippen LogP contribution in [0.25, 0.3) is 0 Å². The van der Waals surface area contributed by atoms with Crippen LogP contribution in [-0.2, 0) is 16.1 Å². The number of nitrogens with one attached hydrogen (secondary N) is 1. The van der Waals surface area contributed by atoms with Crippen molar-refractivity contribution >= 4 is 35.1 Å². The van der Waals surface area contributed by atoms with Crippen molar-refractivity contribution in [3.8, 4) is 5.75 Å². The van der Waals surface area contributed by atoms with Crippen molar-refractivity contribution < 1.29 is 23.9 Å². The molecule has 0 bridgehead atoms. The van der Waals surface area contributed by atoms with Gasteiger partial charge in [-0.05, 0) is 29.8 Å². The topological polar surface area (TPSA) is 108 Å². The highest BCUT2D eigenvalue weighted by Gasteiger charge is 2.19. The molecule has 0 spiro atoms. The zero-order chi connectivity index (χ0) is 19.3. The van der Waals surface area contributed by atoms with E-state index >= 15 is 0 Å². The van der Waals surface area contributed by atoms with Gasteiger partial charge >= 0.3 is 11.9 Å². The molecule has 26 heavy (non-hydrogen) atoms. The van der Waals surface area contributed by atoms with E-state index in [-0.39, 0.29) is 28.4 Å². The molecule has 7 nitrogen and oxygen atoms in total. The summed E-state index contributed by atoms with van der Waals surface area (Å²) in [5, 5.41) is 2.65. The van der Waals surface area contributed by atoms with Crippen LogP contribution in [0.15, 0.2) is 36.4 Å². The van der Waals surface area contributed by atoms with Crippen LogP contribution < -0.4 is 15.8 Å². The molecule has 136 valence electrons. The van der Waals surface area contributed by atoms with Crippen LogP contribution in [-0.4, -0.2) is 25.0 Å². The Bertz CT molecular complexity index is 867. The Balaban J connectivity index is 2.12. The molecule has 1 amide bonds. The molecule has 0 fully saturated rings. The van der Waals surface area contributed by atoms with Gasteiger partial charge in [0.05, 0.1) is 28.9 Å². The lowest BCUT2D eigenvalue weighted by Crippen LogP contribution is -2.24. The van der Waals surface area contributed by atoms with Crippen LogP contribution in [0, 0.1) is 0 Å². The van der Waals surface area contributed by atoms with Crippen molar-refractivity contribution in [3.63, 3.8) is 0 Å². The maximum atomic E-state index is 12.4. The molecular weight excluding hydrogens is 360 g/mol. The number of amides is 1. The first-order valence-electron chi connectivity index (χ1n) is 7.55. The van der Waals surface area contributed by atoms with Crippen molar-refractivity contribution in [1.29, 1.82) is 0 Å². The van der Waals surface area contributed by atoms with Crippen LogP contribution in [0.3, 0.4) is 0 Å². The van der Waals surface area contributed by atoms with Crippen molar-refractivity contribution in [2.45, 2.75) is 13.5 Å². The first kappa shape index (κ1) is 19.3. The molecule has 2 rings (SSSR count). The second-order valence-corrected chi connectivity index (χ2v) is 5.68. The lowest BCUT2D eigenvalue weighted by molar-refractivity contribution is -0.131. The average molecular weight is 377 g/mol. The molecular formula is C18H17ClN2O5. The summed E-state index contributed by atoms with van der Waals surface area (Å²) in [7, 11) is 1.22. The van der Waals surface area contributed by atoms with Gasteiger partial charge < -0.3 is 20.5 Å². The molecule has 0 radical (unpaired) electrons. The number of carbonyl (C=O) groups is 3. The van der Waals surface area contributed by atoms with Gasteiger partial charge in [0.1, 0.15) is 5.75 Å². The number of hydrogen-bond donors (Lipinski definition) is 2. The molecule has 0 aliphatic carbocycles. The van der Waals surface area contributed by atoms with E-state index in [9.17, 15) is 14.4 Å². The number of benzene rings is 2. The van der Waals surface area contributed by atoms with E-state index in [0.29, 0.717) is 5.75 Å². The molecule has 2 aromatic carbocycles. The standard InChI is InChI=1S/C18H17ClN2O5/c1-10(22)26-12-5-3-4-11(8-12)9-21-17(23)14-7-6-13(18(24)25-2)15(19)16(14)20/h3-8H,9,20H2,1-2H3,(H,21,23). The second kappa shape index (κ2) is 8.35. The number of ether oxygens (including phenoxy) is 2. The minimum Gasteiger partial charge on any atom is -0.465 e. The van der Waals surface area contributed by atoms with Gasteiger partial charge in [-0.15, -0.1) is 0 Å². The van der Waals surface area contributed by atoms with Gasteiger partial charge in [0, 0.05) is 13.5 Å². The second-order valence-electron chi connectivity index (χ2n) is 5.30. The first-order chi connectivity index (χ1) is 12.3. The van der Waals surface area contributed by atoms with Crippen LogP contribution in [0.4, 0.5) is 5.69 Å². The van der Waals surface area contributed by atoms with Gasteiger partial charge in [-0.2, -0.15) is 0 Å². The molecule has 8 heteroatoms. The molecule has 0 atom stereocenters. The average Bonchev–Trinajstić information content (AvgIpc) is 2.61. The number of carbonyl (C=O) groups excluding carboxylic acids is 3. The first-order valence-corrected chi connectivity index (χ1v) is 7.93. The number of methoxy groups -OCH3 is 1. The Labute approximate surface area is 155 Å². The third-order valence-corrected chi connectivity index (χ3v) is 3.85. The highest BCUT2D eigenvalue weighted by molar-refractivity contribution is 6.36. The summed E-state index contributed by atoms with van der Waals surface area (Å²) in [6, 6.07) is 9.52. The number of anilines is 1. The van der Waals surface area contributed by atoms with Gasteiger partial charge in [-0.3, -0.25) is 9.59 Å². The minimum absolute atomic E-state index is 0.0132. The molecule has 2 aromatic rings. The number of rotatable bonds is 5. The molecule has 0 unspecified atom stereocenters. The Kier molecular flexibility index (Phi) is 6.19. The van der Waals surface area contributed by atoms with Crippen molar-refractivity contribution in [2.24, 2.45) is 0 Å². The van der Waals surface area contributed by atoms with Crippen molar-refractivity contribution in [2.75, 3.05) is 12.8 Å². The molecule has 0 aromatic heterocycles. The summed E-state index contributed by atoms with van der Waals surface area (Å²) in [5.74, 6) is -1.15. The number of esters is 2. The maximum Gasteiger partial charge on any atom is 0.339 e. The maximum absolute atomic E-state index is 12.4. The highest BCUT2D eigenvalue weighted by Crippen LogP contribution is 2.28. The van der Waals surface area contributed by atoms with E-state index < -0.39 is 17.8 Å². The number of hydrogen-bond acceptors (Lipinski definition) is 6. The predicted octanol–water partition coefficient (Wildman–Crippen LogP) is 2.56. The van der Waals surface area contributed by atoms with E-state index in [1.165, 1.54) is 26.2 Å². The summed E-state index contributed by atoms with van der Waals surface area (Å²) in [5.41, 5.74) is 6.80. The molecule has 0 heterocycles. The van der Waals surface area contributed by atoms with Crippen LogP contribution in [0.2, 0.25) is 5.02 Å². The Morgan fingerprint density at radius 1 is 1.15 bits per heavy atom. The van der Waals surface area contributed by atoms with E-state index in [1.54, 1.807) is 24.3 Å². The zero-order valence-corrected chi connectivity index (χ0v) is 14.9. The summed E-state index contributed by atoms with van der Waals surface area (Å²) >= 11 is 6.05. The van der Waals surface area contributed by atoms with Crippen molar-refractivity contribution in [3.05, 3.63) is 58.1 Å². The predicted molar refractivity (Wildman–Crippen MR) is 96.1 cm³/mol. The summed E-state index contributed by atoms with van der Waals surface area (Å²) < 4.78 is 9.60. The lowest BCUT2D eigenvalue weighted by atomic mass is 10.1. The summed E-state index contributed by atoms with van der Waals surface area (Å²) in [6.07, 6.45) is 0. The van der Waals surface area contributed by atoms with E-state index in [4.69, 9.17) is 22.1 Å². The number of halogens is 1. The Morgan fingerprint density at radius 2 is 1.85 bits per heavy atom. The van der Waals surface area contributed by atoms with Gasteiger partial charge in [0.2, 0.25) is 0 Å². The fourth-order valence-electron chi connectivity index (χ4n) is 2.22. The third kappa shape index (κ3) is 4.52. The van der Waals surface area contributed by atoms with Crippen molar-refractivity contribution in [1.82, 2.24) is 5.32 Å². The lowest BCUT2D eigenvalue weighted by Gasteiger charge is -2.11. The quantitative estimate of drug-likeness (QED) is 0.471. The molecule has 3 N–H and O–H groups in total. The van der Waals surface area contributed by atoms with Gasteiger partial charge in [0.25, 0.3) is 5.91 Å². The molecule has 0 aliphatic heterocycles. The van der Waals surface area contributed by atoms with Gasteiger partial charge in [-0.1, -0.05) is 23.7 Å². The smallest absolute Gasteiger partial charge is 0.339 e. The van der Waals surface area contributed by atoms with E-state index in [2.05, 4.69) is 10.1 Å². The van der Waals surface area contributed by atoms with E-state index in [0.717, 1.165) is 5.56 Å². The van der Waals surface area contributed by atoms with E-state index in [1.807, 2.05) is 0 Å². The number of nitrogens with two attached hydrogens (primary N) is 1. The molecule has 0 aliphatic rings. The molecule has 0 saturated heterocycles. The zero-order valence-electron chi connectivity index (χ0n) is 14.2. The third-order valence-electron chi connectivity index (χ3n) is 3.44. The fourth-order valence-corrected chi connectivity index (χ4v) is 2.46. The van der Waals surface area contributed by atoms with Gasteiger partial charge in [0.15, 0.2) is 0 Å². The minimum atomic E-state index is -0.643. The summed E-state index contributed by atoms with van der Waals surface area (Å²) in [4.78, 5) is 34.9.